The lowest BCUT2D eigenvalue weighted by molar-refractivity contribution is -0.122. The van der Waals surface area contributed by atoms with Crippen LogP contribution in [0.25, 0.3) is 0 Å². The zero-order valence-corrected chi connectivity index (χ0v) is 11.4. The van der Waals surface area contributed by atoms with Crippen LogP contribution in [0.2, 0.25) is 0 Å². The second-order valence-corrected chi connectivity index (χ2v) is 5.87. The van der Waals surface area contributed by atoms with Crippen molar-refractivity contribution in [3.8, 4) is 0 Å². The normalized spacial score (nSPS) is 11.8. The molecule has 0 aliphatic heterocycles. The molecule has 4 nitrogen and oxygen atoms in total. The molecule has 5 heteroatoms. The molecule has 0 bridgehead atoms. The van der Waals surface area contributed by atoms with Crippen molar-refractivity contribution < 1.29 is 9.90 Å². The zero-order valence-electron chi connectivity index (χ0n) is 10.6. The molecule has 0 fully saturated rings. The molecule has 0 radical (unpaired) electrons. The van der Waals surface area contributed by atoms with Gasteiger partial charge in [0.2, 0.25) is 5.91 Å². The minimum absolute atomic E-state index is 0.0230. The monoisotopic (exact) mass is 256 g/mol. The van der Waals surface area contributed by atoms with E-state index in [1.54, 1.807) is 25.2 Å². The summed E-state index contributed by atoms with van der Waals surface area (Å²) in [5.41, 5.74) is -0.775. The number of nitrogens with one attached hydrogen (secondary N) is 1. The van der Waals surface area contributed by atoms with Crippen LogP contribution in [0.4, 0.5) is 0 Å². The van der Waals surface area contributed by atoms with E-state index < -0.39 is 5.60 Å². The van der Waals surface area contributed by atoms with Crippen molar-refractivity contribution >= 4 is 17.2 Å². The SMILES string of the molecule is CN(CC(=O)NCc1cccs1)CC(C)(C)O. The van der Waals surface area contributed by atoms with E-state index in [2.05, 4.69) is 5.32 Å². The highest BCUT2D eigenvalue weighted by molar-refractivity contribution is 7.09. The van der Waals surface area contributed by atoms with Crippen molar-refractivity contribution in [3.63, 3.8) is 0 Å². The van der Waals surface area contributed by atoms with Crippen LogP contribution >= 0.6 is 11.3 Å². The first-order chi connectivity index (χ1) is 7.87. The Hall–Kier alpha value is -0.910. The van der Waals surface area contributed by atoms with Crippen molar-refractivity contribution in [2.24, 2.45) is 0 Å². The fourth-order valence-electron chi connectivity index (χ4n) is 1.62. The Kier molecular flexibility index (Phi) is 5.11. The minimum atomic E-state index is -0.775. The first-order valence-electron chi connectivity index (χ1n) is 5.57. The lowest BCUT2D eigenvalue weighted by Gasteiger charge is -2.24. The Labute approximate surface area is 106 Å². The smallest absolute Gasteiger partial charge is 0.234 e. The van der Waals surface area contributed by atoms with Gasteiger partial charge in [-0.2, -0.15) is 0 Å². The summed E-state index contributed by atoms with van der Waals surface area (Å²) in [6, 6.07) is 3.96. The number of aliphatic hydroxyl groups is 1. The molecule has 0 saturated heterocycles. The van der Waals surface area contributed by atoms with Crippen LogP contribution in [0, 0.1) is 0 Å². The molecular weight excluding hydrogens is 236 g/mol. The van der Waals surface area contributed by atoms with Crippen molar-refractivity contribution in [2.75, 3.05) is 20.1 Å². The van der Waals surface area contributed by atoms with Crippen LogP contribution < -0.4 is 5.32 Å². The zero-order chi connectivity index (χ0) is 12.9. The van der Waals surface area contributed by atoms with E-state index in [4.69, 9.17) is 0 Å². The molecule has 1 amide bonds. The van der Waals surface area contributed by atoms with Gasteiger partial charge in [-0.3, -0.25) is 9.69 Å². The summed E-state index contributed by atoms with van der Waals surface area (Å²) >= 11 is 1.63. The molecule has 0 spiro atoms. The van der Waals surface area contributed by atoms with E-state index in [0.717, 1.165) is 4.88 Å². The molecule has 0 aliphatic carbocycles. The lowest BCUT2D eigenvalue weighted by Crippen LogP contribution is -2.41. The molecule has 96 valence electrons. The molecule has 17 heavy (non-hydrogen) atoms. The van der Waals surface area contributed by atoms with E-state index in [0.29, 0.717) is 19.6 Å². The summed E-state index contributed by atoms with van der Waals surface area (Å²) in [4.78, 5) is 14.6. The first kappa shape index (κ1) is 14.2. The van der Waals surface area contributed by atoms with Crippen LogP contribution in [0.3, 0.4) is 0 Å². The molecule has 0 atom stereocenters. The van der Waals surface area contributed by atoms with Crippen LogP contribution in [0.15, 0.2) is 17.5 Å². The molecule has 2 N–H and O–H groups in total. The molecule has 0 unspecified atom stereocenters. The predicted octanol–water partition coefficient (Wildman–Crippen LogP) is 1.07. The summed E-state index contributed by atoms with van der Waals surface area (Å²) in [5.74, 6) is -0.0230. The molecule has 0 aliphatic rings. The molecule has 0 saturated carbocycles. The third-order valence-corrected chi connectivity index (χ3v) is 2.99. The molecule has 1 heterocycles. The highest BCUT2D eigenvalue weighted by Gasteiger charge is 2.17. The molecular formula is C12H20N2O2S. The highest BCUT2D eigenvalue weighted by atomic mass is 32.1. The second-order valence-electron chi connectivity index (χ2n) is 4.84. The number of carbonyl (C=O) groups is 1. The van der Waals surface area contributed by atoms with Gasteiger partial charge in [0.1, 0.15) is 0 Å². The van der Waals surface area contributed by atoms with Crippen molar-refractivity contribution in [1.29, 1.82) is 0 Å². The van der Waals surface area contributed by atoms with E-state index in [9.17, 15) is 9.90 Å². The third kappa shape index (κ3) is 6.41. The summed E-state index contributed by atoms with van der Waals surface area (Å²) in [6.45, 7) is 4.81. The van der Waals surface area contributed by atoms with Crippen molar-refractivity contribution in [3.05, 3.63) is 22.4 Å². The van der Waals surface area contributed by atoms with Gasteiger partial charge in [-0.05, 0) is 32.3 Å². The van der Waals surface area contributed by atoms with Gasteiger partial charge in [0.05, 0.1) is 18.7 Å². The number of rotatable bonds is 6. The lowest BCUT2D eigenvalue weighted by atomic mass is 10.1. The number of nitrogens with zero attached hydrogens (tertiary/aromatic N) is 1. The van der Waals surface area contributed by atoms with Crippen LogP contribution in [-0.4, -0.2) is 41.7 Å². The topological polar surface area (TPSA) is 52.6 Å². The fourth-order valence-corrected chi connectivity index (χ4v) is 2.26. The van der Waals surface area contributed by atoms with Gasteiger partial charge in [-0.25, -0.2) is 0 Å². The first-order valence-corrected chi connectivity index (χ1v) is 6.45. The predicted molar refractivity (Wildman–Crippen MR) is 70.0 cm³/mol. The Bertz CT molecular complexity index is 344. The standard InChI is InChI=1S/C12H20N2O2S/c1-12(2,16)9-14(3)8-11(15)13-7-10-5-4-6-17-10/h4-6,16H,7-9H2,1-3H3,(H,13,15). The van der Waals surface area contributed by atoms with Crippen LogP contribution in [0.5, 0.6) is 0 Å². The summed E-state index contributed by atoms with van der Waals surface area (Å²) < 4.78 is 0. The largest absolute Gasteiger partial charge is 0.389 e. The average Bonchev–Trinajstić information content (AvgIpc) is 2.63. The Morgan fingerprint density at radius 1 is 1.59 bits per heavy atom. The summed E-state index contributed by atoms with van der Waals surface area (Å²) in [5, 5.41) is 14.4. The minimum Gasteiger partial charge on any atom is -0.389 e. The highest BCUT2D eigenvalue weighted by Crippen LogP contribution is 2.07. The van der Waals surface area contributed by atoms with Gasteiger partial charge in [-0.15, -0.1) is 11.3 Å². The number of likely N-dealkylation sites (N-methyl/N-ethyl adjacent to an activating group) is 1. The summed E-state index contributed by atoms with van der Waals surface area (Å²) in [6.07, 6.45) is 0. The number of amides is 1. The fraction of sp³-hybridized carbons (Fsp3) is 0.583. The molecule has 0 aromatic carbocycles. The van der Waals surface area contributed by atoms with Crippen molar-refractivity contribution in [2.45, 2.75) is 26.0 Å². The average molecular weight is 256 g/mol. The van der Waals surface area contributed by atoms with E-state index >= 15 is 0 Å². The van der Waals surface area contributed by atoms with Crippen molar-refractivity contribution in [1.82, 2.24) is 10.2 Å². The van der Waals surface area contributed by atoms with E-state index in [1.165, 1.54) is 0 Å². The third-order valence-electron chi connectivity index (χ3n) is 2.11. The van der Waals surface area contributed by atoms with Gasteiger partial charge in [0.15, 0.2) is 0 Å². The second kappa shape index (κ2) is 6.14. The Balaban J connectivity index is 2.25. The Morgan fingerprint density at radius 3 is 2.82 bits per heavy atom. The van der Waals surface area contributed by atoms with E-state index in [-0.39, 0.29) is 5.91 Å². The van der Waals surface area contributed by atoms with Crippen LogP contribution in [0.1, 0.15) is 18.7 Å². The molecule has 1 aromatic heterocycles. The maximum Gasteiger partial charge on any atom is 0.234 e. The maximum absolute atomic E-state index is 11.6. The number of hydrogen-bond acceptors (Lipinski definition) is 4. The van der Waals surface area contributed by atoms with Gasteiger partial charge >= 0.3 is 0 Å². The van der Waals surface area contributed by atoms with Gasteiger partial charge < -0.3 is 10.4 Å². The Morgan fingerprint density at radius 2 is 2.29 bits per heavy atom. The van der Waals surface area contributed by atoms with Crippen LogP contribution in [-0.2, 0) is 11.3 Å². The number of thiophene rings is 1. The molecule has 1 rings (SSSR count). The number of hydrogen-bond donors (Lipinski definition) is 2. The van der Waals surface area contributed by atoms with E-state index in [1.807, 2.05) is 29.5 Å². The maximum atomic E-state index is 11.6. The molecule has 1 aromatic rings. The quantitative estimate of drug-likeness (QED) is 0.800. The number of carbonyl (C=O) groups excluding carboxylic acids is 1. The van der Waals surface area contributed by atoms with Gasteiger partial charge in [0, 0.05) is 11.4 Å². The summed E-state index contributed by atoms with van der Waals surface area (Å²) in [7, 11) is 1.82. The van der Waals surface area contributed by atoms with Gasteiger partial charge in [-0.1, -0.05) is 6.07 Å². The van der Waals surface area contributed by atoms with Gasteiger partial charge in [0.25, 0.3) is 0 Å².